The van der Waals surface area contributed by atoms with E-state index < -0.39 is 10.0 Å². The summed E-state index contributed by atoms with van der Waals surface area (Å²) in [6.07, 6.45) is 4.13. The van der Waals surface area contributed by atoms with Crippen molar-refractivity contribution >= 4 is 21.6 Å². The van der Waals surface area contributed by atoms with Crippen LogP contribution in [0, 0.1) is 6.92 Å². The molecule has 3 rings (SSSR count). The fourth-order valence-electron chi connectivity index (χ4n) is 3.57. The molecule has 0 N–H and O–H groups in total. The molecular formula is C23H30N2O4S. The van der Waals surface area contributed by atoms with Crippen molar-refractivity contribution in [3.63, 3.8) is 0 Å². The number of hydrogen-bond donors (Lipinski definition) is 0. The first-order valence-electron chi connectivity index (χ1n) is 10.5. The Kier molecular flexibility index (Phi) is 7.37. The Bertz CT molecular complexity index is 932. The first kappa shape index (κ1) is 22.2. The molecule has 0 aliphatic carbocycles. The number of hydrogen-bond acceptors (Lipinski definition) is 4. The van der Waals surface area contributed by atoms with Gasteiger partial charge in [-0.3, -0.25) is 9.10 Å². The monoisotopic (exact) mass is 430 g/mol. The molecule has 7 heteroatoms. The van der Waals surface area contributed by atoms with Gasteiger partial charge in [-0.25, -0.2) is 8.42 Å². The molecule has 6 nitrogen and oxygen atoms in total. The lowest BCUT2D eigenvalue weighted by molar-refractivity contribution is -0.129. The van der Waals surface area contributed by atoms with Gasteiger partial charge in [0, 0.05) is 13.1 Å². The number of carbonyl (C=O) groups is 1. The van der Waals surface area contributed by atoms with Crippen LogP contribution in [-0.2, 0) is 14.8 Å². The van der Waals surface area contributed by atoms with Crippen molar-refractivity contribution in [3.05, 3.63) is 54.1 Å². The van der Waals surface area contributed by atoms with Gasteiger partial charge in [-0.1, -0.05) is 30.5 Å². The van der Waals surface area contributed by atoms with E-state index in [1.165, 1.54) is 16.4 Å². The molecule has 2 aromatic carbocycles. The second kappa shape index (κ2) is 9.98. The van der Waals surface area contributed by atoms with Gasteiger partial charge in [-0.15, -0.1) is 0 Å². The summed E-state index contributed by atoms with van der Waals surface area (Å²) in [5, 5.41) is 0. The molecule has 30 heavy (non-hydrogen) atoms. The number of likely N-dealkylation sites (tertiary alicyclic amines) is 1. The van der Waals surface area contributed by atoms with Crippen LogP contribution < -0.4 is 9.04 Å². The second-order valence-electron chi connectivity index (χ2n) is 7.55. The summed E-state index contributed by atoms with van der Waals surface area (Å²) in [5.74, 6) is 0.450. The second-order valence-corrected chi connectivity index (χ2v) is 9.41. The number of carbonyl (C=O) groups excluding carboxylic acids is 1. The molecule has 0 saturated carbocycles. The standard InChI is InChI=1S/C23H30N2O4S/c1-3-29-21-12-14-22(15-13-21)30(27,28)25(20-10-8-19(2)9-11-20)18-23(26)24-16-6-4-5-7-17-24/h8-15H,3-7,16-18H2,1-2H3. The van der Waals surface area contributed by atoms with Crippen LogP contribution in [0.2, 0.25) is 0 Å². The maximum absolute atomic E-state index is 13.5. The summed E-state index contributed by atoms with van der Waals surface area (Å²) < 4.78 is 33.6. The molecule has 0 atom stereocenters. The molecule has 0 spiro atoms. The molecule has 0 bridgehead atoms. The fraction of sp³-hybridized carbons (Fsp3) is 0.435. The number of sulfonamides is 1. The molecule has 0 radical (unpaired) electrons. The van der Waals surface area contributed by atoms with Crippen molar-refractivity contribution in [3.8, 4) is 5.75 Å². The van der Waals surface area contributed by atoms with Crippen molar-refractivity contribution in [2.45, 2.75) is 44.4 Å². The zero-order valence-electron chi connectivity index (χ0n) is 17.7. The lowest BCUT2D eigenvalue weighted by atomic mass is 10.2. The molecule has 2 aromatic rings. The lowest BCUT2D eigenvalue weighted by Crippen LogP contribution is -2.43. The average Bonchev–Trinajstić information content (AvgIpc) is 3.03. The van der Waals surface area contributed by atoms with E-state index in [1.54, 1.807) is 29.2 Å². The maximum Gasteiger partial charge on any atom is 0.264 e. The number of rotatable bonds is 7. The van der Waals surface area contributed by atoms with E-state index in [2.05, 4.69) is 0 Å². The number of anilines is 1. The highest BCUT2D eigenvalue weighted by Gasteiger charge is 2.29. The van der Waals surface area contributed by atoms with E-state index in [0.717, 1.165) is 31.2 Å². The molecule has 1 aliphatic heterocycles. The summed E-state index contributed by atoms with van der Waals surface area (Å²) in [4.78, 5) is 14.9. The Hall–Kier alpha value is -2.54. The summed E-state index contributed by atoms with van der Waals surface area (Å²) >= 11 is 0. The number of nitrogens with zero attached hydrogens (tertiary/aromatic N) is 2. The first-order valence-corrected chi connectivity index (χ1v) is 12.0. The maximum atomic E-state index is 13.5. The van der Waals surface area contributed by atoms with Gasteiger partial charge in [-0.05, 0) is 63.1 Å². The van der Waals surface area contributed by atoms with Gasteiger partial charge in [-0.2, -0.15) is 0 Å². The van der Waals surface area contributed by atoms with Crippen LogP contribution in [0.3, 0.4) is 0 Å². The zero-order valence-corrected chi connectivity index (χ0v) is 18.5. The van der Waals surface area contributed by atoms with Crippen molar-refractivity contribution in [2.75, 3.05) is 30.5 Å². The van der Waals surface area contributed by atoms with Gasteiger partial charge < -0.3 is 9.64 Å². The Labute approximate surface area is 179 Å². The quantitative estimate of drug-likeness (QED) is 0.666. The molecule has 1 amide bonds. The minimum atomic E-state index is -3.91. The smallest absolute Gasteiger partial charge is 0.264 e. The lowest BCUT2D eigenvalue weighted by Gasteiger charge is -2.28. The summed E-state index contributed by atoms with van der Waals surface area (Å²) in [7, 11) is -3.91. The van der Waals surface area contributed by atoms with E-state index in [-0.39, 0.29) is 17.3 Å². The summed E-state index contributed by atoms with van der Waals surface area (Å²) in [5.41, 5.74) is 1.51. The number of aryl methyl sites for hydroxylation is 1. The molecule has 162 valence electrons. The van der Waals surface area contributed by atoms with E-state index in [0.29, 0.717) is 31.1 Å². The minimum absolute atomic E-state index is 0.134. The topological polar surface area (TPSA) is 66.9 Å². The highest BCUT2D eigenvalue weighted by molar-refractivity contribution is 7.92. The molecule has 0 unspecified atom stereocenters. The van der Waals surface area contributed by atoms with E-state index >= 15 is 0 Å². The highest BCUT2D eigenvalue weighted by atomic mass is 32.2. The molecule has 1 aliphatic rings. The zero-order chi connectivity index (χ0) is 21.6. The largest absolute Gasteiger partial charge is 0.494 e. The third kappa shape index (κ3) is 5.33. The van der Waals surface area contributed by atoms with Crippen molar-refractivity contribution < 1.29 is 17.9 Å². The Balaban J connectivity index is 1.91. The van der Waals surface area contributed by atoms with Crippen LogP contribution in [-0.4, -0.2) is 45.5 Å². The molecular weight excluding hydrogens is 400 g/mol. The van der Waals surface area contributed by atoms with Crippen molar-refractivity contribution in [2.24, 2.45) is 0 Å². The summed E-state index contributed by atoms with van der Waals surface area (Å²) in [6, 6.07) is 13.5. The average molecular weight is 431 g/mol. The molecule has 1 heterocycles. The predicted octanol–water partition coefficient (Wildman–Crippen LogP) is 3.99. The van der Waals surface area contributed by atoms with E-state index in [4.69, 9.17) is 4.74 Å². The van der Waals surface area contributed by atoms with E-state index in [1.807, 2.05) is 26.0 Å². The molecule has 1 fully saturated rings. The Morgan fingerprint density at radius 3 is 2.13 bits per heavy atom. The van der Waals surface area contributed by atoms with Gasteiger partial charge in [0.2, 0.25) is 5.91 Å². The normalized spacial score (nSPS) is 14.8. The van der Waals surface area contributed by atoms with Gasteiger partial charge in [0.05, 0.1) is 17.2 Å². The Morgan fingerprint density at radius 2 is 1.57 bits per heavy atom. The van der Waals surface area contributed by atoms with Crippen LogP contribution in [0.15, 0.2) is 53.4 Å². The third-order valence-corrected chi connectivity index (χ3v) is 7.07. The van der Waals surface area contributed by atoms with Gasteiger partial charge in [0.25, 0.3) is 10.0 Å². The van der Waals surface area contributed by atoms with Crippen LogP contribution in [0.5, 0.6) is 5.75 Å². The highest BCUT2D eigenvalue weighted by Crippen LogP contribution is 2.26. The molecule has 0 aromatic heterocycles. The fourth-order valence-corrected chi connectivity index (χ4v) is 4.98. The van der Waals surface area contributed by atoms with Crippen LogP contribution in [0.4, 0.5) is 5.69 Å². The Morgan fingerprint density at radius 1 is 0.967 bits per heavy atom. The number of amides is 1. The number of benzene rings is 2. The minimum Gasteiger partial charge on any atom is -0.494 e. The molecule has 1 saturated heterocycles. The van der Waals surface area contributed by atoms with Crippen LogP contribution >= 0.6 is 0 Å². The third-order valence-electron chi connectivity index (χ3n) is 5.28. The van der Waals surface area contributed by atoms with Gasteiger partial charge in [0.1, 0.15) is 12.3 Å². The van der Waals surface area contributed by atoms with Gasteiger partial charge >= 0.3 is 0 Å². The van der Waals surface area contributed by atoms with Gasteiger partial charge in [0.15, 0.2) is 0 Å². The van der Waals surface area contributed by atoms with Crippen LogP contribution in [0.25, 0.3) is 0 Å². The van der Waals surface area contributed by atoms with E-state index in [9.17, 15) is 13.2 Å². The van der Waals surface area contributed by atoms with Crippen molar-refractivity contribution in [1.82, 2.24) is 4.90 Å². The van der Waals surface area contributed by atoms with Crippen LogP contribution in [0.1, 0.15) is 38.2 Å². The van der Waals surface area contributed by atoms with Crippen molar-refractivity contribution in [1.29, 1.82) is 0 Å². The number of ether oxygens (including phenoxy) is 1. The summed E-state index contributed by atoms with van der Waals surface area (Å²) in [6.45, 7) is 5.48. The SMILES string of the molecule is CCOc1ccc(S(=O)(=O)N(CC(=O)N2CCCCCC2)c2ccc(C)cc2)cc1. The first-order chi connectivity index (χ1) is 14.4. The predicted molar refractivity (Wildman–Crippen MR) is 118 cm³/mol.